The summed E-state index contributed by atoms with van der Waals surface area (Å²) in [7, 11) is 0. The highest BCUT2D eigenvalue weighted by Crippen LogP contribution is 2.46. The smallest absolute Gasteiger partial charge is 0.211 e. The maximum atomic E-state index is 9.45. The zero-order valence-electron chi connectivity index (χ0n) is 9.49. The Morgan fingerprint density at radius 3 is 2.82 bits per heavy atom. The number of hydrogen-bond donors (Lipinski definition) is 1. The first kappa shape index (κ1) is 11.3. The van der Waals surface area contributed by atoms with E-state index in [2.05, 4.69) is 0 Å². The second kappa shape index (κ2) is 4.16. The number of ether oxygens (including phenoxy) is 2. The van der Waals surface area contributed by atoms with Crippen LogP contribution < -0.4 is 4.74 Å². The Balaban J connectivity index is 2.00. The van der Waals surface area contributed by atoms with E-state index in [1.165, 1.54) is 0 Å². The van der Waals surface area contributed by atoms with Crippen LogP contribution in [0.1, 0.15) is 37.4 Å². The van der Waals surface area contributed by atoms with Crippen molar-refractivity contribution in [2.24, 2.45) is 0 Å². The van der Waals surface area contributed by atoms with Crippen molar-refractivity contribution in [3.8, 4) is 5.75 Å². The van der Waals surface area contributed by atoms with Gasteiger partial charge in [-0.1, -0.05) is 11.6 Å². The van der Waals surface area contributed by atoms with Crippen LogP contribution in [0.15, 0.2) is 18.2 Å². The number of aliphatic hydroxyl groups excluding tert-OH is 1. The molecule has 1 aromatic carbocycles. The average Bonchev–Trinajstić information content (AvgIpc) is 2.77. The van der Waals surface area contributed by atoms with E-state index in [-0.39, 0.29) is 12.7 Å². The van der Waals surface area contributed by atoms with E-state index >= 15 is 0 Å². The number of rotatable bonds is 1. The molecule has 92 valence electrons. The highest BCUT2D eigenvalue weighted by molar-refractivity contribution is 6.30. The zero-order chi connectivity index (χ0) is 11.9. The van der Waals surface area contributed by atoms with Gasteiger partial charge in [-0.15, -0.1) is 0 Å². The molecule has 1 aliphatic carbocycles. The van der Waals surface area contributed by atoms with Gasteiger partial charge in [-0.05, 0) is 31.0 Å². The Kier molecular flexibility index (Phi) is 2.77. The maximum Gasteiger partial charge on any atom is 0.211 e. The van der Waals surface area contributed by atoms with E-state index in [1.807, 2.05) is 12.1 Å². The number of halogens is 1. The Hall–Kier alpha value is -0.770. The van der Waals surface area contributed by atoms with Crippen LogP contribution in [-0.2, 0) is 4.74 Å². The Labute approximate surface area is 105 Å². The number of fused-ring (bicyclic) bond motifs is 1. The second-order valence-electron chi connectivity index (χ2n) is 4.69. The second-order valence-corrected chi connectivity index (χ2v) is 5.13. The normalized spacial score (nSPS) is 25.6. The summed E-state index contributed by atoms with van der Waals surface area (Å²) in [6.07, 6.45) is 3.69. The van der Waals surface area contributed by atoms with Crippen molar-refractivity contribution in [2.45, 2.75) is 37.6 Å². The molecular weight excluding hydrogens is 240 g/mol. The summed E-state index contributed by atoms with van der Waals surface area (Å²) in [5, 5.41) is 10.1. The summed E-state index contributed by atoms with van der Waals surface area (Å²) in [5.74, 6) is 0.274. The molecule has 2 aliphatic rings. The predicted octanol–water partition coefficient (Wildman–Crippen LogP) is 3.05. The van der Waals surface area contributed by atoms with Gasteiger partial charge in [0.15, 0.2) is 0 Å². The minimum absolute atomic E-state index is 0.0432. The van der Waals surface area contributed by atoms with Crippen LogP contribution in [0.5, 0.6) is 5.75 Å². The molecular formula is C13H15ClO3. The predicted molar refractivity (Wildman–Crippen MR) is 64.2 cm³/mol. The van der Waals surface area contributed by atoms with Gasteiger partial charge in [-0.25, -0.2) is 0 Å². The van der Waals surface area contributed by atoms with Crippen LogP contribution in [0.3, 0.4) is 0 Å². The third-order valence-electron chi connectivity index (χ3n) is 3.50. The lowest BCUT2D eigenvalue weighted by Crippen LogP contribution is -2.41. The minimum Gasteiger partial charge on any atom is -0.462 e. The Morgan fingerprint density at radius 1 is 1.35 bits per heavy atom. The minimum atomic E-state index is -0.520. The molecule has 3 rings (SSSR count). The first-order chi connectivity index (χ1) is 8.22. The molecule has 0 bridgehead atoms. The number of hydrogen-bond acceptors (Lipinski definition) is 3. The molecule has 1 fully saturated rings. The summed E-state index contributed by atoms with van der Waals surface area (Å²) >= 11 is 5.96. The van der Waals surface area contributed by atoms with Gasteiger partial charge < -0.3 is 14.6 Å². The highest BCUT2D eigenvalue weighted by Gasteiger charge is 2.44. The lowest BCUT2D eigenvalue weighted by molar-refractivity contribution is -0.232. The molecule has 1 atom stereocenters. The molecule has 1 heterocycles. The summed E-state index contributed by atoms with van der Waals surface area (Å²) in [4.78, 5) is 0. The molecule has 0 saturated heterocycles. The van der Waals surface area contributed by atoms with Gasteiger partial charge in [0.1, 0.15) is 11.9 Å². The van der Waals surface area contributed by atoms with E-state index in [0.717, 1.165) is 37.0 Å². The molecule has 1 spiro atoms. The van der Waals surface area contributed by atoms with E-state index in [4.69, 9.17) is 21.1 Å². The topological polar surface area (TPSA) is 38.7 Å². The van der Waals surface area contributed by atoms with Gasteiger partial charge in [0.05, 0.1) is 6.61 Å². The van der Waals surface area contributed by atoms with Crippen LogP contribution in [0.2, 0.25) is 5.02 Å². The number of benzene rings is 1. The fourth-order valence-corrected chi connectivity index (χ4v) is 2.86. The van der Waals surface area contributed by atoms with Crippen molar-refractivity contribution < 1.29 is 14.6 Å². The average molecular weight is 255 g/mol. The van der Waals surface area contributed by atoms with Crippen LogP contribution in [-0.4, -0.2) is 17.5 Å². The van der Waals surface area contributed by atoms with Crippen molar-refractivity contribution in [1.29, 1.82) is 0 Å². The third kappa shape index (κ3) is 1.92. The van der Waals surface area contributed by atoms with Gasteiger partial charge in [-0.3, -0.25) is 0 Å². The SMILES string of the molecule is OCC1OC2(CCCC2)Oc2ccc(Cl)cc21. The standard InChI is InChI=1S/C13H15ClO3/c14-9-3-4-11-10(7-9)12(8-15)17-13(16-11)5-1-2-6-13/h3-4,7,12,15H,1-2,5-6,8H2. The summed E-state index contributed by atoms with van der Waals surface area (Å²) in [5.41, 5.74) is 0.845. The summed E-state index contributed by atoms with van der Waals surface area (Å²) in [6.45, 7) is -0.0432. The lowest BCUT2D eigenvalue weighted by Gasteiger charge is -2.39. The molecule has 1 saturated carbocycles. The molecule has 1 aromatic rings. The zero-order valence-corrected chi connectivity index (χ0v) is 10.2. The van der Waals surface area contributed by atoms with E-state index in [0.29, 0.717) is 5.02 Å². The van der Waals surface area contributed by atoms with Crippen molar-refractivity contribution >= 4 is 11.6 Å². The van der Waals surface area contributed by atoms with E-state index < -0.39 is 5.79 Å². The van der Waals surface area contributed by atoms with Gasteiger partial charge in [-0.2, -0.15) is 0 Å². The Bertz CT molecular complexity index is 427. The third-order valence-corrected chi connectivity index (χ3v) is 3.74. The lowest BCUT2D eigenvalue weighted by atomic mass is 10.0. The van der Waals surface area contributed by atoms with Crippen LogP contribution in [0, 0.1) is 0 Å². The van der Waals surface area contributed by atoms with Crippen molar-refractivity contribution in [3.63, 3.8) is 0 Å². The van der Waals surface area contributed by atoms with Crippen molar-refractivity contribution in [2.75, 3.05) is 6.61 Å². The molecule has 1 N–H and O–H groups in total. The molecule has 17 heavy (non-hydrogen) atoms. The molecule has 0 radical (unpaired) electrons. The fraction of sp³-hybridized carbons (Fsp3) is 0.538. The van der Waals surface area contributed by atoms with Gasteiger partial charge >= 0.3 is 0 Å². The van der Waals surface area contributed by atoms with Gasteiger partial charge in [0.25, 0.3) is 0 Å². The molecule has 4 heteroatoms. The molecule has 0 aromatic heterocycles. The van der Waals surface area contributed by atoms with E-state index in [9.17, 15) is 5.11 Å². The fourth-order valence-electron chi connectivity index (χ4n) is 2.68. The van der Waals surface area contributed by atoms with Crippen molar-refractivity contribution in [3.05, 3.63) is 28.8 Å². The number of aliphatic hydroxyl groups is 1. The van der Waals surface area contributed by atoms with E-state index in [1.54, 1.807) is 6.07 Å². The first-order valence-electron chi connectivity index (χ1n) is 6.00. The summed E-state index contributed by atoms with van der Waals surface area (Å²) < 4.78 is 11.9. The van der Waals surface area contributed by atoms with Gasteiger partial charge in [0, 0.05) is 23.4 Å². The first-order valence-corrected chi connectivity index (χ1v) is 6.37. The maximum absolute atomic E-state index is 9.45. The Morgan fingerprint density at radius 2 is 2.12 bits per heavy atom. The monoisotopic (exact) mass is 254 g/mol. The molecule has 1 unspecified atom stereocenters. The van der Waals surface area contributed by atoms with Gasteiger partial charge in [0.2, 0.25) is 5.79 Å². The largest absolute Gasteiger partial charge is 0.462 e. The molecule has 1 aliphatic heterocycles. The highest BCUT2D eigenvalue weighted by atomic mass is 35.5. The van der Waals surface area contributed by atoms with Crippen LogP contribution in [0.25, 0.3) is 0 Å². The quantitative estimate of drug-likeness (QED) is 0.837. The molecule has 3 nitrogen and oxygen atoms in total. The van der Waals surface area contributed by atoms with Crippen LogP contribution >= 0.6 is 11.6 Å². The van der Waals surface area contributed by atoms with Crippen LogP contribution in [0.4, 0.5) is 0 Å². The summed E-state index contributed by atoms with van der Waals surface area (Å²) in [6, 6.07) is 5.48. The molecule has 0 amide bonds. The van der Waals surface area contributed by atoms with Crippen molar-refractivity contribution in [1.82, 2.24) is 0 Å².